The number of nitrogens with zero attached hydrogens (tertiary/aromatic N) is 2. The van der Waals surface area contributed by atoms with Gasteiger partial charge < -0.3 is 14.3 Å². The minimum Gasteiger partial charge on any atom is -0.451 e. The van der Waals surface area contributed by atoms with Gasteiger partial charge in [-0.05, 0) is 25.1 Å². The highest BCUT2D eigenvalue weighted by molar-refractivity contribution is 7.89. The average Bonchev–Trinajstić information content (AvgIpc) is 3.18. The lowest BCUT2D eigenvalue weighted by molar-refractivity contribution is 0.0926. The molecule has 4 rings (SSSR count). The van der Waals surface area contributed by atoms with E-state index in [1.807, 2.05) is 35.8 Å². The molecule has 7 nitrogen and oxygen atoms in total. The maximum absolute atomic E-state index is 12.8. The first kappa shape index (κ1) is 19.2. The molecule has 29 heavy (non-hydrogen) atoms. The maximum Gasteiger partial charge on any atom is 0.287 e. The number of carbonyl (C=O) groups excluding carboxylic acids is 1. The summed E-state index contributed by atoms with van der Waals surface area (Å²) in [6.45, 7) is 2.82. The van der Waals surface area contributed by atoms with Gasteiger partial charge in [0.05, 0.1) is 16.8 Å². The molecule has 0 fully saturated rings. The molecular weight excluding hydrogens is 390 g/mol. The first-order chi connectivity index (χ1) is 13.8. The van der Waals surface area contributed by atoms with Crippen LogP contribution in [0.3, 0.4) is 0 Å². The van der Waals surface area contributed by atoms with Crippen molar-refractivity contribution in [3.05, 3.63) is 65.7 Å². The highest BCUT2D eigenvalue weighted by Crippen LogP contribution is 2.27. The molecule has 0 unspecified atom stereocenters. The van der Waals surface area contributed by atoms with Crippen LogP contribution >= 0.6 is 0 Å². The summed E-state index contributed by atoms with van der Waals surface area (Å²) in [5.74, 6) is 0.227. The van der Waals surface area contributed by atoms with Crippen LogP contribution in [0.25, 0.3) is 22.0 Å². The van der Waals surface area contributed by atoms with Crippen molar-refractivity contribution in [2.75, 3.05) is 12.8 Å². The second-order valence-corrected chi connectivity index (χ2v) is 9.17. The minimum atomic E-state index is -3.33. The summed E-state index contributed by atoms with van der Waals surface area (Å²) < 4.78 is 31.5. The molecule has 0 aliphatic rings. The van der Waals surface area contributed by atoms with Crippen LogP contribution in [0.5, 0.6) is 0 Å². The molecule has 1 amide bonds. The molecule has 0 saturated carbocycles. The van der Waals surface area contributed by atoms with Gasteiger partial charge in [-0.15, -0.1) is 0 Å². The second kappa shape index (κ2) is 7.36. The van der Waals surface area contributed by atoms with Crippen LogP contribution in [-0.4, -0.2) is 36.7 Å². The van der Waals surface area contributed by atoms with Crippen molar-refractivity contribution in [3.8, 4) is 0 Å². The molecule has 0 radical (unpaired) electrons. The van der Waals surface area contributed by atoms with Crippen molar-refractivity contribution < 1.29 is 17.6 Å². The van der Waals surface area contributed by atoms with Crippen molar-refractivity contribution in [2.24, 2.45) is 0 Å². The van der Waals surface area contributed by atoms with Gasteiger partial charge in [-0.3, -0.25) is 4.79 Å². The number of hydrogen-bond donors (Lipinski definition) is 1. The second-order valence-electron chi connectivity index (χ2n) is 7.03. The number of carbonyl (C=O) groups is 1. The number of para-hydroxylation sites is 3. The number of nitrogens with one attached hydrogen (secondary N) is 1. The van der Waals surface area contributed by atoms with E-state index in [-0.39, 0.29) is 11.5 Å². The third kappa shape index (κ3) is 3.88. The van der Waals surface area contributed by atoms with Crippen LogP contribution in [0, 0.1) is 6.92 Å². The van der Waals surface area contributed by atoms with Gasteiger partial charge in [0.2, 0.25) is 0 Å². The van der Waals surface area contributed by atoms with Crippen LogP contribution in [-0.2, 0) is 22.1 Å². The Kier molecular flexibility index (Phi) is 4.87. The number of fused-ring (bicyclic) bond motifs is 2. The van der Waals surface area contributed by atoms with Gasteiger partial charge >= 0.3 is 0 Å². The molecule has 1 N–H and O–H groups in total. The zero-order valence-electron chi connectivity index (χ0n) is 16.2. The van der Waals surface area contributed by atoms with E-state index < -0.39 is 15.7 Å². The van der Waals surface area contributed by atoms with Crippen molar-refractivity contribution in [1.82, 2.24) is 14.9 Å². The fraction of sp³-hybridized carbons (Fsp3) is 0.238. The molecule has 4 aromatic rings. The van der Waals surface area contributed by atoms with Gasteiger partial charge in [-0.25, -0.2) is 13.4 Å². The lowest BCUT2D eigenvalue weighted by atomic mass is 10.1. The Hall–Kier alpha value is -3.13. The first-order valence-electron chi connectivity index (χ1n) is 9.22. The number of benzene rings is 2. The van der Waals surface area contributed by atoms with E-state index >= 15 is 0 Å². The molecule has 0 aliphatic heterocycles. The Morgan fingerprint density at radius 1 is 1.14 bits per heavy atom. The number of hydrogen-bond acceptors (Lipinski definition) is 5. The molecule has 0 atom stereocenters. The van der Waals surface area contributed by atoms with E-state index in [1.165, 1.54) is 0 Å². The highest BCUT2D eigenvalue weighted by atomic mass is 32.2. The predicted octanol–water partition coefficient (Wildman–Crippen LogP) is 3.07. The molecule has 150 valence electrons. The number of aromatic nitrogens is 2. The van der Waals surface area contributed by atoms with Crippen LogP contribution in [0.2, 0.25) is 0 Å². The van der Waals surface area contributed by atoms with Gasteiger partial charge in [-0.2, -0.15) is 0 Å². The number of furan rings is 1. The molecule has 0 bridgehead atoms. The third-order valence-corrected chi connectivity index (χ3v) is 5.59. The topological polar surface area (TPSA) is 94.2 Å². The summed E-state index contributed by atoms with van der Waals surface area (Å²) in [4.78, 5) is 17.3. The third-order valence-electron chi connectivity index (χ3n) is 4.78. The normalized spacial score (nSPS) is 11.9. The molecule has 0 saturated heterocycles. The van der Waals surface area contributed by atoms with E-state index in [0.717, 1.165) is 23.1 Å². The largest absolute Gasteiger partial charge is 0.451 e. The predicted molar refractivity (Wildman–Crippen MR) is 112 cm³/mol. The van der Waals surface area contributed by atoms with Crippen molar-refractivity contribution in [2.45, 2.75) is 19.2 Å². The summed E-state index contributed by atoms with van der Waals surface area (Å²) in [6, 6.07) is 14.9. The maximum atomic E-state index is 12.8. The Morgan fingerprint density at radius 2 is 1.86 bits per heavy atom. The summed E-state index contributed by atoms with van der Waals surface area (Å²) in [6.07, 6.45) is 1.14. The van der Waals surface area contributed by atoms with Crippen LogP contribution < -0.4 is 5.32 Å². The molecule has 8 heteroatoms. The van der Waals surface area contributed by atoms with E-state index in [2.05, 4.69) is 10.3 Å². The first-order valence-corrected chi connectivity index (χ1v) is 11.3. The fourth-order valence-electron chi connectivity index (χ4n) is 3.53. The number of imidazole rings is 1. The number of aryl methyl sites for hydroxylation is 1. The average molecular weight is 411 g/mol. The number of sulfone groups is 1. The summed E-state index contributed by atoms with van der Waals surface area (Å²) in [5, 5.41) is 3.48. The number of amides is 1. The van der Waals surface area contributed by atoms with Crippen LogP contribution in [0.4, 0.5) is 0 Å². The summed E-state index contributed by atoms with van der Waals surface area (Å²) in [5.41, 5.74) is 2.79. The van der Waals surface area contributed by atoms with Gasteiger partial charge in [0.1, 0.15) is 11.4 Å². The SMILES string of the molecule is Cc1nc2ccccc2n1CCNC(=O)c1oc2ccccc2c1CS(C)(=O)=O. The Balaban J connectivity index is 1.56. The number of rotatable bonds is 6. The van der Waals surface area contributed by atoms with Crippen LogP contribution in [0.1, 0.15) is 21.9 Å². The molecule has 0 spiro atoms. The quantitative estimate of drug-likeness (QED) is 0.526. The van der Waals surface area contributed by atoms with Crippen LogP contribution in [0.15, 0.2) is 52.9 Å². The molecule has 2 aromatic heterocycles. The molecular formula is C21H21N3O4S. The lowest BCUT2D eigenvalue weighted by Crippen LogP contribution is -2.28. The standard InChI is InChI=1S/C21H21N3O4S/c1-14-23-17-8-4-5-9-18(17)24(14)12-11-22-21(25)20-16(13-29(2,26)27)15-7-3-6-10-19(15)28-20/h3-10H,11-13H2,1-2H3,(H,22,25). The van der Waals surface area contributed by atoms with E-state index in [9.17, 15) is 13.2 Å². The molecule has 2 aromatic carbocycles. The van der Waals surface area contributed by atoms with Crippen molar-refractivity contribution in [3.63, 3.8) is 0 Å². The van der Waals surface area contributed by atoms with E-state index in [0.29, 0.717) is 29.6 Å². The summed E-state index contributed by atoms with van der Waals surface area (Å²) in [7, 11) is -3.33. The van der Waals surface area contributed by atoms with E-state index in [4.69, 9.17) is 4.42 Å². The fourth-order valence-corrected chi connectivity index (χ4v) is 4.34. The zero-order valence-corrected chi connectivity index (χ0v) is 17.0. The van der Waals surface area contributed by atoms with Crippen molar-refractivity contribution in [1.29, 1.82) is 0 Å². The van der Waals surface area contributed by atoms with E-state index in [1.54, 1.807) is 24.3 Å². The van der Waals surface area contributed by atoms with Gasteiger partial charge in [0.25, 0.3) is 5.91 Å². The molecule has 2 heterocycles. The van der Waals surface area contributed by atoms with Gasteiger partial charge in [0, 0.05) is 30.3 Å². The smallest absolute Gasteiger partial charge is 0.287 e. The van der Waals surface area contributed by atoms with Gasteiger partial charge in [0.15, 0.2) is 15.6 Å². The summed E-state index contributed by atoms with van der Waals surface area (Å²) >= 11 is 0. The Morgan fingerprint density at radius 3 is 2.66 bits per heavy atom. The Bertz CT molecular complexity index is 1320. The minimum absolute atomic E-state index is 0.0452. The monoisotopic (exact) mass is 411 g/mol. The zero-order chi connectivity index (χ0) is 20.6. The van der Waals surface area contributed by atoms with Crippen molar-refractivity contribution >= 4 is 37.7 Å². The lowest BCUT2D eigenvalue weighted by Gasteiger charge is -2.08. The van der Waals surface area contributed by atoms with Gasteiger partial charge in [-0.1, -0.05) is 30.3 Å². The molecule has 0 aliphatic carbocycles. The Labute approximate surface area is 168 Å². The highest BCUT2D eigenvalue weighted by Gasteiger charge is 2.23.